The van der Waals surface area contributed by atoms with E-state index >= 15 is 0 Å². The van der Waals surface area contributed by atoms with Crippen LogP contribution in [0.3, 0.4) is 0 Å². The summed E-state index contributed by atoms with van der Waals surface area (Å²) in [6.45, 7) is 1.90. The van der Waals surface area contributed by atoms with Gasteiger partial charge in [-0.3, -0.25) is 9.59 Å². The van der Waals surface area contributed by atoms with E-state index in [9.17, 15) is 9.59 Å². The standard InChI is InChI=1S/C9H13N5O3/c1-4-2-3-5(17-4)9(16)11-8-6(7(10)15)12-14-13-8/h4-5H,2-3H2,1H3,(H2,10,15)(H2,11,12,13,14,16). The third kappa shape index (κ3) is 2.41. The van der Waals surface area contributed by atoms with E-state index in [2.05, 4.69) is 20.7 Å². The number of carbonyl (C=O) groups excluding carboxylic acids is 2. The van der Waals surface area contributed by atoms with Crippen molar-refractivity contribution in [1.29, 1.82) is 0 Å². The Morgan fingerprint density at radius 3 is 2.82 bits per heavy atom. The Morgan fingerprint density at radius 2 is 2.24 bits per heavy atom. The minimum absolute atomic E-state index is 0.0330. The third-order valence-electron chi connectivity index (χ3n) is 2.55. The molecule has 0 radical (unpaired) electrons. The second-order valence-electron chi connectivity index (χ2n) is 3.89. The number of amides is 2. The molecule has 0 aromatic carbocycles. The molecule has 92 valence electrons. The van der Waals surface area contributed by atoms with Crippen molar-refractivity contribution in [2.24, 2.45) is 5.73 Å². The second-order valence-corrected chi connectivity index (χ2v) is 3.89. The van der Waals surface area contributed by atoms with Crippen LogP contribution in [0.15, 0.2) is 0 Å². The van der Waals surface area contributed by atoms with Gasteiger partial charge in [-0.15, -0.1) is 10.2 Å². The average Bonchev–Trinajstić information content (AvgIpc) is 2.86. The lowest BCUT2D eigenvalue weighted by atomic mass is 10.2. The topological polar surface area (TPSA) is 123 Å². The van der Waals surface area contributed by atoms with Gasteiger partial charge in [-0.1, -0.05) is 0 Å². The van der Waals surface area contributed by atoms with Crippen molar-refractivity contribution in [3.63, 3.8) is 0 Å². The van der Waals surface area contributed by atoms with Crippen LogP contribution in [0.25, 0.3) is 0 Å². The molecule has 1 saturated heterocycles. The highest BCUT2D eigenvalue weighted by atomic mass is 16.5. The van der Waals surface area contributed by atoms with Gasteiger partial charge in [0, 0.05) is 0 Å². The normalized spacial score (nSPS) is 23.6. The molecule has 1 aromatic heterocycles. The summed E-state index contributed by atoms with van der Waals surface area (Å²) < 4.78 is 5.39. The zero-order chi connectivity index (χ0) is 12.4. The maximum atomic E-state index is 11.8. The summed E-state index contributed by atoms with van der Waals surface area (Å²) in [7, 11) is 0. The number of nitrogens with one attached hydrogen (secondary N) is 2. The van der Waals surface area contributed by atoms with Crippen molar-refractivity contribution in [2.75, 3.05) is 5.32 Å². The molecule has 17 heavy (non-hydrogen) atoms. The zero-order valence-electron chi connectivity index (χ0n) is 9.27. The lowest BCUT2D eigenvalue weighted by molar-refractivity contribution is -0.126. The van der Waals surface area contributed by atoms with Gasteiger partial charge in [0.25, 0.3) is 11.8 Å². The molecule has 8 heteroatoms. The Kier molecular flexibility index (Phi) is 3.05. The van der Waals surface area contributed by atoms with Gasteiger partial charge in [0.05, 0.1) is 6.10 Å². The zero-order valence-corrected chi connectivity index (χ0v) is 9.27. The molecule has 1 fully saturated rings. The van der Waals surface area contributed by atoms with Crippen molar-refractivity contribution in [2.45, 2.75) is 32.0 Å². The van der Waals surface area contributed by atoms with E-state index in [4.69, 9.17) is 10.5 Å². The van der Waals surface area contributed by atoms with Crippen LogP contribution in [0.2, 0.25) is 0 Å². The fourth-order valence-corrected chi connectivity index (χ4v) is 1.68. The van der Waals surface area contributed by atoms with Crippen LogP contribution in [0.1, 0.15) is 30.3 Å². The maximum absolute atomic E-state index is 11.8. The number of primary amides is 1. The molecule has 2 heterocycles. The van der Waals surface area contributed by atoms with E-state index in [-0.39, 0.29) is 23.5 Å². The fourth-order valence-electron chi connectivity index (χ4n) is 1.68. The number of rotatable bonds is 3. The lowest BCUT2D eigenvalue weighted by Crippen LogP contribution is -2.29. The Morgan fingerprint density at radius 1 is 1.47 bits per heavy atom. The van der Waals surface area contributed by atoms with E-state index in [0.717, 1.165) is 6.42 Å². The van der Waals surface area contributed by atoms with Crippen molar-refractivity contribution in [3.8, 4) is 0 Å². The maximum Gasteiger partial charge on any atom is 0.273 e. The quantitative estimate of drug-likeness (QED) is 0.650. The van der Waals surface area contributed by atoms with E-state index in [0.29, 0.717) is 6.42 Å². The van der Waals surface area contributed by atoms with Crippen LogP contribution in [-0.2, 0) is 9.53 Å². The predicted octanol–water partition coefficient (Wildman–Crippen LogP) is -0.590. The Balaban J connectivity index is 2.03. The van der Waals surface area contributed by atoms with Gasteiger partial charge in [0.2, 0.25) is 0 Å². The molecule has 1 aliphatic rings. The summed E-state index contributed by atoms with van der Waals surface area (Å²) in [5, 5.41) is 11.9. The van der Waals surface area contributed by atoms with Crippen LogP contribution in [0.4, 0.5) is 5.82 Å². The van der Waals surface area contributed by atoms with Crippen molar-refractivity contribution in [3.05, 3.63) is 5.69 Å². The molecule has 0 aliphatic carbocycles. The first kappa shape index (κ1) is 11.5. The van der Waals surface area contributed by atoms with Gasteiger partial charge in [-0.25, -0.2) is 0 Å². The highest BCUT2D eigenvalue weighted by molar-refractivity contribution is 6.01. The molecule has 0 bridgehead atoms. The van der Waals surface area contributed by atoms with Gasteiger partial charge < -0.3 is 15.8 Å². The van der Waals surface area contributed by atoms with Crippen LogP contribution in [0, 0.1) is 0 Å². The number of nitrogens with two attached hydrogens (primary N) is 1. The van der Waals surface area contributed by atoms with E-state index in [1.54, 1.807) is 0 Å². The minimum atomic E-state index is -0.755. The molecule has 0 spiro atoms. The molecule has 4 N–H and O–H groups in total. The molecule has 0 saturated carbocycles. The van der Waals surface area contributed by atoms with Crippen molar-refractivity contribution >= 4 is 17.6 Å². The summed E-state index contributed by atoms with van der Waals surface area (Å²) >= 11 is 0. The van der Waals surface area contributed by atoms with Crippen LogP contribution < -0.4 is 11.1 Å². The van der Waals surface area contributed by atoms with Crippen LogP contribution in [0.5, 0.6) is 0 Å². The van der Waals surface area contributed by atoms with Crippen molar-refractivity contribution in [1.82, 2.24) is 15.4 Å². The molecule has 2 amide bonds. The molecule has 1 aromatic rings. The molecule has 2 rings (SSSR count). The van der Waals surface area contributed by atoms with Gasteiger partial charge in [0.15, 0.2) is 11.5 Å². The van der Waals surface area contributed by atoms with Gasteiger partial charge >= 0.3 is 0 Å². The third-order valence-corrected chi connectivity index (χ3v) is 2.55. The van der Waals surface area contributed by atoms with Gasteiger partial charge in [0.1, 0.15) is 6.10 Å². The fraction of sp³-hybridized carbons (Fsp3) is 0.556. The Hall–Kier alpha value is -1.96. The average molecular weight is 239 g/mol. The largest absolute Gasteiger partial charge is 0.365 e. The van der Waals surface area contributed by atoms with Gasteiger partial charge in [-0.2, -0.15) is 5.21 Å². The number of aromatic amines is 1. The number of carbonyl (C=O) groups is 2. The number of anilines is 1. The summed E-state index contributed by atoms with van der Waals surface area (Å²) in [5.74, 6) is -1.06. The summed E-state index contributed by atoms with van der Waals surface area (Å²) in [6, 6.07) is 0. The molecule has 8 nitrogen and oxygen atoms in total. The number of hydrogen-bond donors (Lipinski definition) is 3. The first-order valence-electron chi connectivity index (χ1n) is 5.25. The number of hydrogen-bond acceptors (Lipinski definition) is 5. The number of aromatic nitrogens is 3. The molecule has 1 aliphatic heterocycles. The first-order chi connectivity index (χ1) is 8.08. The first-order valence-corrected chi connectivity index (χ1v) is 5.25. The second kappa shape index (κ2) is 4.50. The highest BCUT2D eigenvalue weighted by Crippen LogP contribution is 2.20. The number of nitrogens with zero attached hydrogens (tertiary/aromatic N) is 2. The SMILES string of the molecule is CC1CCC(C(=O)Nc2n[nH]nc2C(N)=O)O1. The van der Waals surface area contributed by atoms with E-state index in [1.807, 2.05) is 6.92 Å². The monoisotopic (exact) mass is 239 g/mol. The number of H-pyrrole nitrogens is 1. The highest BCUT2D eigenvalue weighted by Gasteiger charge is 2.29. The Bertz CT molecular complexity index is 444. The summed E-state index contributed by atoms with van der Waals surface area (Å²) in [5.41, 5.74) is 4.97. The van der Waals surface area contributed by atoms with Crippen LogP contribution in [-0.4, -0.2) is 39.4 Å². The van der Waals surface area contributed by atoms with Gasteiger partial charge in [-0.05, 0) is 19.8 Å². The summed E-state index contributed by atoms with van der Waals surface area (Å²) in [6.07, 6.45) is 1.04. The predicted molar refractivity (Wildman–Crippen MR) is 57.1 cm³/mol. The van der Waals surface area contributed by atoms with Crippen LogP contribution >= 0.6 is 0 Å². The van der Waals surface area contributed by atoms with Crippen molar-refractivity contribution < 1.29 is 14.3 Å². The minimum Gasteiger partial charge on any atom is -0.365 e. The molecule has 2 atom stereocenters. The Labute approximate surface area is 96.9 Å². The smallest absolute Gasteiger partial charge is 0.273 e. The van der Waals surface area contributed by atoms with E-state index < -0.39 is 12.0 Å². The molecular weight excluding hydrogens is 226 g/mol. The lowest BCUT2D eigenvalue weighted by Gasteiger charge is -2.10. The molecule has 2 unspecified atom stereocenters. The van der Waals surface area contributed by atoms with E-state index in [1.165, 1.54) is 0 Å². The molecular formula is C9H13N5O3. The summed E-state index contributed by atoms with van der Waals surface area (Å²) in [4.78, 5) is 22.7. The number of ether oxygens (including phenoxy) is 1.